The van der Waals surface area contributed by atoms with Crippen molar-refractivity contribution in [2.45, 2.75) is 121 Å². The van der Waals surface area contributed by atoms with Crippen LogP contribution in [-0.4, -0.2) is 57.0 Å². The Morgan fingerprint density at radius 2 is 1.33 bits per heavy atom. The predicted molar refractivity (Wildman–Crippen MR) is 101 cm³/mol. The number of rotatable bonds is 11. The van der Waals surface area contributed by atoms with Crippen LogP contribution in [0.1, 0.15) is 78.1 Å². The number of hydrogen-bond acceptors (Lipinski definition) is 6. The standard InChI is InChI=1S/C21H38O6/c1-4-6-8-10-12-16-23-14-15-18(25-16)19-20(21(22-3)24-15)27-17(26-19)13-11-9-7-5-2/h15-21H,4-14H2,1-3H3. The lowest BCUT2D eigenvalue weighted by molar-refractivity contribution is -0.341. The second-order valence-corrected chi connectivity index (χ2v) is 7.97. The van der Waals surface area contributed by atoms with Gasteiger partial charge in [0.2, 0.25) is 0 Å². The monoisotopic (exact) mass is 386 g/mol. The lowest BCUT2D eigenvalue weighted by Crippen LogP contribution is -2.62. The number of fused-ring (bicyclic) bond motifs is 3. The normalized spacial score (nSPS) is 38.6. The van der Waals surface area contributed by atoms with Gasteiger partial charge in [0, 0.05) is 7.11 Å². The molecular formula is C21H38O6. The molecule has 0 aromatic carbocycles. The van der Waals surface area contributed by atoms with E-state index in [4.69, 9.17) is 28.4 Å². The van der Waals surface area contributed by atoms with Crippen LogP contribution < -0.4 is 0 Å². The smallest absolute Gasteiger partial charge is 0.186 e. The van der Waals surface area contributed by atoms with Crippen molar-refractivity contribution in [2.75, 3.05) is 13.7 Å². The molecule has 3 saturated heterocycles. The molecule has 3 heterocycles. The third-order valence-electron chi connectivity index (χ3n) is 5.78. The average Bonchev–Trinajstić information content (AvgIpc) is 3.12. The molecule has 3 aliphatic heterocycles. The Morgan fingerprint density at radius 1 is 0.704 bits per heavy atom. The van der Waals surface area contributed by atoms with E-state index in [0.29, 0.717) is 6.61 Å². The van der Waals surface area contributed by atoms with Crippen LogP contribution >= 0.6 is 0 Å². The molecule has 0 bridgehead atoms. The summed E-state index contributed by atoms with van der Waals surface area (Å²) in [5.74, 6) is 0. The maximum Gasteiger partial charge on any atom is 0.186 e. The molecule has 3 aliphatic rings. The third kappa shape index (κ3) is 5.64. The maximum atomic E-state index is 6.28. The molecule has 0 aromatic heterocycles. The Bertz CT molecular complexity index is 419. The van der Waals surface area contributed by atoms with Crippen molar-refractivity contribution in [1.82, 2.24) is 0 Å². The molecule has 6 nitrogen and oxygen atoms in total. The lowest BCUT2D eigenvalue weighted by atomic mass is 9.98. The van der Waals surface area contributed by atoms with Gasteiger partial charge in [0.25, 0.3) is 0 Å². The van der Waals surface area contributed by atoms with Crippen molar-refractivity contribution in [2.24, 2.45) is 0 Å². The van der Waals surface area contributed by atoms with E-state index in [1.165, 1.54) is 38.5 Å². The first-order valence-electron chi connectivity index (χ1n) is 11.0. The van der Waals surface area contributed by atoms with Gasteiger partial charge in [-0.25, -0.2) is 0 Å². The lowest BCUT2D eigenvalue weighted by Gasteiger charge is -2.45. The molecular weight excluding hydrogens is 348 g/mol. The van der Waals surface area contributed by atoms with E-state index >= 15 is 0 Å². The zero-order chi connectivity index (χ0) is 19.1. The summed E-state index contributed by atoms with van der Waals surface area (Å²) in [5.41, 5.74) is 0. The summed E-state index contributed by atoms with van der Waals surface area (Å²) in [6, 6.07) is 0. The Hall–Kier alpha value is -0.240. The molecule has 0 amide bonds. The van der Waals surface area contributed by atoms with Gasteiger partial charge in [-0.2, -0.15) is 0 Å². The van der Waals surface area contributed by atoms with E-state index in [9.17, 15) is 0 Å². The van der Waals surface area contributed by atoms with Crippen molar-refractivity contribution in [1.29, 1.82) is 0 Å². The van der Waals surface area contributed by atoms with Crippen LogP contribution in [-0.2, 0) is 28.4 Å². The second-order valence-electron chi connectivity index (χ2n) is 7.97. The van der Waals surface area contributed by atoms with Crippen LogP contribution in [0.4, 0.5) is 0 Å². The molecule has 0 aliphatic carbocycles. The fourth-order valence-corrected chi connectivity index (χ4v) is 4.23. The number of ether oxygens (including phenoxy) is 6. The van der Waals surface area contributed by atoms with E-state index in [2.05, 4.69) is 13.8 Å². The van der Waals surface area contributed by atoms with E-state index in [-0.39, 0.29) is 37.0 Å². The predicted octanol–water partition coefficient (Wildman–Crippen LogP) is 4.15. The summed E-state index contributed by atoms with van der Waals surface area (Å²) in [5, 5.41) is 0. The SMILES string of the molecule is CCCCCCC1OCC2OC(OC)C3OC(CCCCCC)OC3C2O1. The quantitative estimate of drug-likeness (QED) is 0.497. The molecule has 158 valence electrons. The molecule has 7 unspecified atom stereocenters. The number of unbranched alkanes of at least 4 members (excludes halogenated alkanes) is 6. The molecule has 6 heteroatoms. The molecule has 3 rings (SSSR count). The van der Waals surface area contributed by atoms with Gasteiger partial charge in [-0.3, -0.25) is 0 Å². The zero-order valence-electron chi connectivity index (χ0n) is 17.3. The van der Waals surface area contributed by atoms with E-state index in [1.807, 2.05) is 0 Å². The molecule has 0 radical (unpaired) electrons. The highest BCUT2D eigenvalue weighted by molar-refractivity contribution is 4.97. The summed E-state index contributed by atoms with van der Waals surface area (Å²) in [6.07, 6.45) is 10.0. The number of hydrogen-bond donors (Lipinski definition) is 0. The highest BCUT2D eigenvalue weighted by Crippen LogP contribution is 2.38. The van der Waals surface area contributed by atoms with E-state index < -0.39 is 6.29 Å². The topological polar surface area (TPSA) is 55.4 Å². The van der Waals surface area contributed by atoms with Gasteiger partial charge in [-0.1, -0.05) is 52.4 Å². The minimum atomic E-state index is -0.426. The van der Waals surface area contributed by atoms with Gasteiger partial charge < -0.3 is 28.4 Å². The molecule has 27 heavy (non-hydrogen) atoms. The van der Waals surface area contributed by atoms with E-state index in [0.717, 1.165) is 25.7 Å². The van der Waals surface area contributed by atoms with Gasteiger partial charge in [0.15, 0.2) is 18.9 Å². The first-order valence-corrected chi connectivity index (χ1v) is 11.0. The summed E-state index contributed by atoms with van der Waals surface area (Å²) in [7, 11) is 1.65. The van der Waals surface area contributed by atoms with Crippen LogP contribution in [0, 0.1) is 0 Å². The van der Waals surface area contributed by atoms with Gasteiger partial charge >= 0.3 is 0 Å². The van der Waals surface area contributed by atoms with Crippen LogP contribution in [0.5, 0.6) is 0 Å². The van der Waals surface area contributed by atoms with Gasteiger partial charge in [0.1, 0.15) is 24.4 Å². The maximum absolute atomic E-state index is 6.28. The van der Waals surface area contributed by atoms with Crippen molar-refractivity contribution >= 4 is 0 Å². The van der Waals surface area contributed by atoms with Crippen molar-refractivity contribution in [3.05, 3.63) is 0 Å². The average molecular weight is 387 g/mol. The Morgan fingerprint density at radius 3 is 2.00 bits per heavy atom. The van der Waals surface area contributed by atoms with Crippen LogP contribution in [0.15, 0.2) is 0 Å². The highest BCUT2D eigenvalue weighted by Gasteiger charge is 2.55. The highest BCUT2D eigenvalue weighted by atomic mass is 16.8. The van der Waals surface area contributed by atoms with Crippen LogP contribution in [0.2, 0.25) is 0 Å². The van der Waals surface area contributed by atoms with Crippen LogP contribution in [0.25, 0.3) is 0 Å². The minimum Gasteiger partial charge on any atom is -0.353 e. The fourth-order valence-electron chi connectivity index (χ4n) is 4.23. The Balaban J connectivity index is 1.53. The molecule has 0 saturated carbocycles. The van der Waals surface area contributed by atoms with E-state index in [1.54, 1.807) is 7.11 Å². The third-order valence-corrected chi connectivity index (χ3v) is 5.78. The molecule has 0 spiro atoms. The minimum absolute atomic E-state index is 0.146. The first kappa shape index (κ1) is 21.5. The van der Waals surface area contributed by atoms with Gasteiger partial charge in [-0.15, -0.1) is 0 Å². The van der Waals surface area contributed by atoms with Gasteiger partial charge in [-0.05, 0) is 25.7 Å². The summed E-state index contributed by atoms with van der Waals surface area (Å²) in [4.78, 5) is 0. The van der Waals surface area contributed by atoms with Crippen molar-refractivity contribution < 1.29 is 28.4 Å². The first-order chi connectivity index (χ1) is 13.3. The summed E-state index contributed by atoms with van der Waals surface area (Å²) < 4.78 is 36.2. The fraction of sp³-hybridized carbons (Fsp3) is 1.00. The molecule has 3 fully saturated rings. The van der Waals surface area contributed by atoms with Gasteiger partial charge in [0.05, 0.1) is 6.61 Å². The Kier molecular flexibility index (Phi) is 8.81. The van der Waals surface area contributed by atoms with Crippen molar-refractivity contribution in [3.8, 4) is 0 Å². The summed E-state index contributed by atoms with van der Waals surface area (Å²) in [6.45, 7) is 4.97. The number of methoxy groups -OCH3 is 1. The Labute approximate surface area is 164 Å². The zero-order valence-corrected chi connectivity index (χ0v) is 17.3. The molecule has 0 aromatic rings. The van der Waals surface area contributed by atoms with Crippen molar-refractivity contribution in [3.63, 3.8) is 0 Å². The second kappa shape index (κ2) is 11.1. The molecule has 7 atom stereocenters. The molecule has 0 N–H and O–H groups in total. The largest absolute Gasteiger partial charge is 0.353 e. The summed E-state index contributed by atoms with van der Waals surface area (Å²) >= 11 is 0. The van der Waals surface area contributed by atoms with Crippen LogP contribution in [0.3, 0.4) is 0 Å².